The molecule has 1 aliphatic rings. The van der Waals surface area contributed by atoms with Gasteiger partial charge in [-0.1, -0.05) is 53.6 Å². The van der Waals surface area contributed by atoms with E-state index in [0.29, 0.717) is 33.6 Å². The van der Waals surface area contributed by atoms with E-state index in [4.69, 9.17) is 21.1 Å². The molecule has 0 radical (unpaired) electrons. The summed E-state index contributed by atoms with van der Waals surface area (Å²) in [5.74, 6) is 0.543. The minimum Gasteiger partial charge on any atom is -0.493 e. The first kappa shape index (κ1) is 24.6. The number of hydrogen-bond acceptors (Lipinski definition) is 5. The van der Waals surface area contributed by atoms with Crippen molar-refractivity contribution in [2.45, 2.75) is 20.1 Å². The number of aryl methyl sites for hydroxylation is 1. The molecular formula is C26H21ClINO4S. The van der Waals surface area contributed by atoms with Crippen LogP contribution in [-0.4, -0.2) is 23.2 Å². The van der Waals surface area contributed by atoms with Gasteiger partial charge in [0, 0.05) is 3.57 Å². The molecule has 1 aliphatic heterocycles. The third-order valence-corrected chi connectivity index (χ3v) is 7.09. The number of methoxy groups -OCH3 is 1. The summed E-state index contributed by atoms with van der Waals surface area (Å²) < 4.78 is 12.5. The van der Waals surface area contributed by atoms with Crippen molar-refractivity contribution < 1.29 is 19.1 Å². The van der Waals surface area contributed by atoms with E-state index in [1.807, 2.05) is 55.5 Å². The molecule has 0 saturated carbocycles. The van der Waals surface area contributed by atoms with Gasteiger partial charge in [0.25, 0.3) is 11.1 Å². The zero-order valence-electron chi connectivity index (χ0n) is 18.5. The third-order valence-electron chi connectivity index (χ3n) is 5.18. The zero-order chi connectivity index (χ0) is 24.2. The van der Waals surface area contributed by atoms with Crippen molar-refractivity contribution in [1.82, 2.24) is 4.90 Å². The second kappa shape index (κ2) is 10.8. The van der Waals surface area contributed by atoms with Gasteiger partial charge in [0.2, 0.25) is 0 Å². The summed E-state index contributed by atoms with van der Waals surface area (Å²) in [4.78, 5) is 27.0. The molecule has 5 nitrogen and oxygen atoms in total. The standard InChI is InChI=1S/C26H21ClINO4S/c1-16-3-5-18(6-4-16)15-33-24-21(27)11-19(12-22(24)32-2)13-23-25(30)29(26(31)34-23)14-17-7-9-20(28)10-8-17/h3-13H,14-15H2,1-2H3/b23-13-. The fourth-order valence-corrected chi connectivity index (χ4v) is 4.83. The molecule has 1 saturated heterocycles. The van der Waals surface area contributed by atoms with Gasteiger partial charge in [-0.3, -0.25) is 14.5 Å². The molecule has 1 heterocycles. The van der Waals surface area contributed by atoms with Gasteiger partial charge in [0.1, 0.15) is 6.61 Å². The Morgan fingerprint density at radius 1 is 1.03 bits per heavy atom. The van der Waals surface area contributed by atoms with Crippen molar-refractivity contribution >= 4 is 63.2 Å². The predicted octanol–water partition coefficient (Wildman–Crippen LogP) is 7.08. The Kier molecular flexibility index (Phi) is 7.85. The number of carbonyl (C=O) groups is 2. The number of ether oxygens (including phenoxy) is 2. The van der Waals surface area contributed by atoms with E-state index in [-0.39, 0.29) is 17.7 Å². The van der Waals surface area contributed by atoms with E-state index < -0.39 is 0 Å². The number of rotatable bonds is 7. The van der Waals surface area contributed by atoms with Crippen molar-refractivity contribution in [3.8, 4) is 11.5 Å². The van der Waals surface area contributed by atoms with Crippen molar-refractivity contribution in [2.24, 2.45) is 0 Å². The van der Waals surface area contributed by atoms with Crippen LogP contribution in [-0.2, 0) is 17.9 Å². The molecule has 0 unspecified atom stereocenters. The van der Waals surface area contributed by atoms with E-state index >= 15 is 0 Å². The average Bonchev–Trinajstić information content (AvgIpc) is 3.07. The molecule has 0 N–H and O–H groups in total. The third kappa shape index (κ3) is 5.76. The van der Waals surface area contributed by atoms with Crippen LogP contribution in [0.4, 0.5) is 4.79 Å². The molecule has 0 aromatic heterocycles. The molecule has 0 spiro atoms. The molecule has 1 fully saturated rings. The maximum absolute atomic E-state index is 12.9. The fourth-order valence-electron chi connectivity index (χ4n) is 3.36. The van der Waals surface area contributed by atoms with Gasteiger partial charge < -0.3 is 9.47 Å². The molecule has 0 aliphatic carbocycles. The summed E-state index contributed by atoms with van der Waals surface area (Å²) in [6.07, 6.45) is 1.65. The van der Waals surface area contributed by atoms with E-state index in [1.54, 1.807) is 18.2 Å². The minimum atomic E-state index is -0.330. The number of halogens is 2. The van der Waals surface area contributed by atoms with Crippen LogP contribution in [0.2, 0.25) is 5.02 Å². The summed E-state index contributed by atoms with van der Waals surface area (Å²) in [5, 5.41) is 0.0572. The molecule has 174 valence electrons. The summed E-state index contributed by atoms with van der Waals surface area (Å²) in [6.45, 7) is 2.60. The van der Waals surface area contributed by atoms with Crippen LogP contribution in [0, 0.1) is 10.5 Å². The lowest BCUT2D eigenvalue weighted by molar-refractivity contribution is -0.123. The van der Waals surface area contributed by atoms with Gasteiger partial charge in [0.05, 0.1) is 23.6 Å². The van der Waals surface area contributed by atoms with Gasteiger partial charge in [0.15, 0.2) is 11.5 Å². The Hall–Kier alpha value is -2.49. The quantitative estimate of drug-likeness (QED) is 0.213. The Bertz CT molecular complexity index is 1260. The van der Waals surface area contributed by atoms with E-state index in [2.05, 4.69) is 22.6 Å². The first-order chi connectivity index (χ1) is 16.3. The van der Waals surface area contributed by atoms with Crippen LogP contribution in [0.3, 0.4) is 0 Å². The summed E-state index contributed by atoms with van der Waals surface area (Å²) in [5.41, 5.74) is 3.72. The maximum atomic E-state index is 12.9. The van der Waals surface area contributed by atoms with Crippen molar-refractivity contribution in [3.05, 3.63) is 96.4 Å². The molecular weight excluding hydrogens is 585 g/mol. The highest BCUT2D eigenvalue weighted by Gasteiger charge is 2.35. The van der Waals surface area contributed by atoms with E-state index in [0.717, 1.165) is 26.5 Å². The van der Waals surface area contributed by atoms with Crippen LogP contribution in [0.25, 0.3) is 6.08 Å². The molecule has 3 aromatic rings. The lowest BCUT2D eigenvalue weighted by Gasteiger charge is -2.14. The number of imide groups is 1. The number of benzene rings is 3. The highest BCUT2D eigenvalue weighted by atomic mass is 127. The Morgan fingerprint density at radius 2 is 1.71 bits per heavy atom. The zero-order valence-corrected chi connectivity index (χ0v) is 22.2. The van der Waals surface area contributed by atoms with Crippen molar-refractivity contribution in [3.63, 3.8) is 0 Å². The normalized spacial score (nSPS) is 14.7. The number of carbonyl (C=O) groups excluding carboxylic acids is 2. The Labute approximate surface area is 221 Å². The van der Waals surface area contributed by atoms with Crippen LogP contribution >= 0.6 is 46.0 Å². The molecule has 4 rings (SSSR count). The van der Waals surface area contributed by atoms with Gasteiger partial charge in [-0.05, 0) is 88.3 Å². The first-order valence-corrected chi connectivity index (χ1v) is 12.7. The predicted molar refractivity (Wildman–Crippen MR) is 144 cm³/mol. The smallest absolute Gasteiger partial charge is 0.293 e. The number of thioether (sulfide) groups is 1. The summed E-state index contributed by atoms with van der Waals surface area (Å²) in [6, 6.07) is 19.2. The van der Waals surface area contributed by atoms with E-state index in [9.17, 15) is 9.59 Å². The molecule has 8 heteroatoms. The topological polar surface area (TPSA) is 55.8 Å². The van der Waals surface area contributed by atoms with Crippen LogP contribution in [0.5, 0.6) is 11.5 Å². The van der Waals surface area contributed by atoms with Crippen molar-refractivity contribution in [1.29, 1.82) is 0 Å². The molecule has 34 heavy (non-hydrogen) atoms. The average molecular weight is 606 g/mol. The molecule has 0 bridgehead atoms. The first-order valence-electron chi connectivity index (χ1n) is 10.4. The van der Waals surface area contributed by atoms with E-state index in [1.165, 1.54) is 17.6 Å². The number of hydrogen-bond donors (Lipinski definition) is 0. The number of nitrogens with zero attached hydrogens (tertiary/aromatic N) is 1. The largest absolute Gasteiger partial charge is 0.493 e. The second-order valence-electron chi connectivity index (χ2n) is 7.70. The number of amides is 2. The van der Waals surface area contributed by atoms with Crippen LogP contribution in [0.1, 0.15) is 22.3 Å². The molecule has 0 atom stereocenters. The van der Waals surface area contributed by atoms with Gasteiger partial charge in [-0.2, -0.15) is 0 Å². The minimum absolute atomic E-state index is 0.231. The summed E-state index contributed by atoms with van der Waals surface area (Å²) >= 11 is 9.63. The molecule has 3 aromatic carbocycles. The maximum Gasteiger partial charge on any atom is 0.293 e. The van der Waals surface area contributed by atoms with Gasteiger partial charge >= 0.3 is 0 Å². The Balaban J connectivity index is 1.52. The fraction of sp³-hybridized carbons (Fsp3) is 0.154. The monoisotopic (exact) mass is 605 g/mol. The molecule has 2 amide bonds. The van der Waals surface area contributed by atoms with Crippen LogP contribution in [0.15, 0.2) is 65.6 Å². The SMILES string of the molecule is COc1cc(/C=C2\SC(=O)N(Cc3ccc(I)cc3)C2=O)cc(Cl)c1OCc1ccc(C)cc1. The highest BCUT2D eigenvalue weighted by Crippen LogP contribution is 2.39. The second-order valence-corrected chi connectivity index (χ2v) is 10.3. The van der Waals surface area contributed by atoms with Crippen LogP contribution < -0.4 is 9.47 Å². The lowest BCUT2D eigenvalue weighted by Crippen LogP contribution is -2.27. The van der Waals surface area contributed by atoms with Crippen molar-refractivity contribution in [2.75, 3.05) is 7.11 Å². The van der Waals surface area contributed by atoms with Gasteiger partial charge in [-0.15, -0.1) is 0 Å². The highest BCUT2D eigenvalue weighted by molar-refractivity contribution is 14.1. The summed E-state index contributed by atoms with van der Waals surface area (Å²) in [7, 11) is 1.53. The Morgan fingerprint density at radius 3 is 2.38 bits per heavy atom. The van der Waals surface area contributed by atoms with Gasteiger partial charge in [-0.25, -0.2) is 0 Å². The lowest BCUT2D eigenvalue weighted by atomic mass is 10.1.